The van der Waals surface area contributed by atoms with Crippen molar-refractivity contribution < 1.29 is 0 Å². The Balaban J connectivity index is 3.09. The molecule has 0 aromatic carbocycles. The average Bonchev–Trinajstić information content (AvgIpc) is 1.69. The van der Waals surface area contributed by atoms with Crippen molar-refractivity contribution in [3.8, 4) is 0 Å². The molecule has 3 heteroatoms. The van der Waals surface area contributed by atoms with E-state index in [1.807, 2.05) is 6.92 Å². The van der Waals surface area contributed by atoms with Crippen molar-refractivity contribution in [2.75, 3.05) is 13.6 Å². The van der Waals surface area contributed by atoms with Crippen LogP contribution in [0, 0.1) is 0 Å². The van der Waals surface area contributed by atoms with Gasteiger partial charge in [-0.15, -0.1) is 5.11 Å². The molecule has 7 heavy (non-hydrogen) atoms. The second-order valence-corrected chi connectivity index (χ2v) is 0.947. The predicted molar refractivity (Wildman–Crippen MR) is 29.8 cm³/mol. The van der Waals surface area contributed by atoms with Crippen LogP contribution in [-0.4, -0.2) is 19.9 Å². The molecule has 0 unspecified atom stereocenters. The van der Waals surface area contributed by atoms with Crippen LogP contribution in [0.15, 0.2) is 15.2 Å². The Kier molecular flexibility index (Phi) is 4.72. The van der Waals surface area contributed by atoms with Gasteiger partial charge in [0.15, 0.2) is 0 Å². The maximum Gasteiger partial charge on any atom is 0.132 e. The molecular weight excluding hydrogens is 90.1 g/mol. The minimum Gasteiger partial charge on any atom is -0.275 e. The molecular formula is C4H9N3. The summed E-state index contributed by atoms with van der Waals surface area (Å²) < 4.78 is 0. The number of aliphatic imine (C=N–C) groups is 1. The lowest BCUT2D eigenvalue weighted by Gasteiger charge is -1.70. The van der Waals surface area contributed by atoms with Crippen LogP contribution in [0.4, 0.5) is 0 Å². The van der Waals surface area contributed by atoms with E-state index < -0.39 is 0 Å². The minimum atomic E-state index is 0.728. The lowest BCUT2D eigenvalue weighted by Crippen LogP contribution is -1.64. The van der Waals surface area contributed by atoms with E-state index in [1.54, 1.807) is 7.05 Å². The minimum absolute atomic E-state index is 0.728. The summed E-state index contributed by atoms with van der Waals surface area (Å²) in [5.74, 6) is 0. The molecule has 0 radical (unpaired) electrons. The molecule has 0 N–H and O–H groups in total. The van der Waals surface area contributed by atoms with E-state index in [9.17, 15) is 0 Å². The van der Waals surface area contributed by atoms with Crippen molar-refractivity contribution in [1.29, 1.82) is 0 Å². The number of hydrogen-bond donors (Lipinski definition) is 0. The number of nitrogens with zero attached hydrogens (tertiary/aromatic N) is 3. The molecule has 0 aliphatic carbocycles. The van der Waals surface area contributed by atoms with Gasteiger partial charge >= 0.3 is 0 Å². The summed E-state index contributed by atoms with van der Waals surface area (Å²) in [6.45, 7) is 2.65. The first-order valence-corrected chi connectivity index (χ1v) is 2.19. The molecule has 0 saturated carbocycles. The van der Waals surface area contributed by atoms with E-state index in [4.69, 9.17) is 0 Å². The second kappa shape index (κ2) is 5.27. The maximum absolute atomic E-state index is 3.64. The first-order valence-electron chi connectivity index (χ1n) is 2.19. The van der Waals surface area contributed by atoms with Gasteiger partial charge in [0, 0.05) is 7.05 Å². The Hall–Kier alpha value is -0.730. The van der Waals surface area contributed by atoms with Crippen LogP contribution in [-0.2, 0) is 0 Å². The first kappa shape index (κ1) is 6.27. The van der Waals surface area contributed by atoms with E-state index in [1.165, 1.54) is 6.34 Å². The number of hydrogen-bond acceptors (Lipinski definition) is 2. The third kappa shape index (κ3) is 5.27. The zero-order chi connectivity index (χ0) is 5.54. The van der Waals surface area contributed by atoms with Gasteiger partial charge in [-0.2, -0.15) is 5.11 Å². The highest BCUT2D eigenvalue weighted by Gasteiger charge is 1.58. The van der Waals surface area contributed by atoms with Crippen LogP contribution < -0.4 is 0 Å². The fraction of sp³-hybridized carbons (Fsp3) is 0.750. The Labute approximate surface area is 43.2 Å². The molecule has 3 nitrogen and oxygen atoms in total. The summed E-state index contributed by atoms with van der Waals surface area (Å²) in [6, 6.07) is 0. The van der Waals surface area contributed by atoms with Crippen molar-refractivity contribution in [3.05, 3.63) is 0 Å². The van der Waals surface area contributed by atoms with E-state index in [-0.39, 0.29) is 0 Å². The standard InChI is InChI=1S/C4H9N3/c1-3-6-7-4-5-2/h4H,3H2,1-2H3/b5-4-,7-6-. The molecule has 0 heterocycles. The Morgan fingerprint density at radius 2 is 2.29 bits per heavy atom. The van der Waals surface area contributed by atoms with Gasteiger partial charge in [0.1, 0.15) is 6.34 Å². The Morgan fingerprint density at radius 3 is 2.71 bits per heavy atom. The smallest absolute Gasteiger partial charge is 0.132 e. The molecule has 0 aromatic heterocycles. The van der Waals surface area contributed by atoms with Crippen molar-refractivity contribution >= 4 is 6.34 Å². The normalized spacial score (nSPS) is 11.7. The van der Waals surface area contributed by atoms with Crippen LogP contribution >= 0.6 is 0 Å². The first-order chi connectivity index (χ1) is 3.41. The Morgan fingerprint density at radius 1 is 1.57 bits per heavy atom. The molecule has 0 aliphatic rings. The van der Waals surface area contributed by atoms with Gasteiger partial charge in [0.05, 0.1) is 6.54 Å². The van der Waals surface area contributed by atoms with Gasteiger partial charge in [0.25, 0.3) is 0 Å². The highest BCUT2D eigenvalue weighted by Crippen LogP contribution is 1.67. The van der Waals surface area contributed by atoms with Crippen molar-refractivity contribution in [2.24, 2.45) is 15.2 Å². The van der Waals surface area contributed by atoms with E-state index in [2.05, 4.69) is 15.2 Å². The van der Waals surface area contributed by atoms with E-state index in [0.29, 0.717) is 0 Å². The summed E-state index contributed by atoms with van der Waals surface area (Å²) in [5, 5.41) is 7.18. The molecule has 0 aliphatic heterocycles. The number of rotatable bonds is 2. The summed E-state index contributed by atoms with van der Waals surface area (Å²) in [6.07, 6.45) is 1.42. The molecule has 0 spiro atoms. The topological polar surface area (TPSA) is 37.1 Å². The quantitative estimate of drug-likeness (QED) is 0.282. The summed E-state index contributed by atoms with van der Waals surface area (Å²) in [5.41, 5.74) is 0. The van der Waals surface area contributed by atoms with Gasteiger partial charge in [0.2, 0.25) is 0 Å². The van der Waals surface area contributed by atoms with Gasteiger partial charge in [-0.1, -0.05) is 0 Å². The fourth-order valence-corrected chi connectivity index (χ4v) is 0.170. The molecule has 0 saturated heterocycles. The zero-order valence-corrected chi connectivity index (χ0v) is 4.63. The molecule has 0 rings (SSSR count). The SMILES string of the molecule is CC/N=N\C=N/C. The van der Waals surface area contributed by atoms with Crippen molar-refractivity contribution in [3.63, 3.8) is 0 Å². The maximum atomic E-state index is 3.64. The molecule has 40 valence electrons. The van der Waals surface area contributed by atoms with Gasteiger partial charge in [-0.05, 0) is 6.92 Å². The average molecular weight is 99.1 g/mol. The van der Waals surface area contributed by atoms with Crippen LogP contribution in [0.25, 0.3) is 0 Å². The zero-order valence-electron chi connectivity index (χ0n) is 4.63. The van der Waals surface area contributed by atoms with E-state index in [0.717, 1.165) is 6.54 Å². The predicted octanol–water partition coefficient (Wildman–Crippen LogP) is 1.12. The van der Waals surface area contributed by atoms with Crippen LogP contribution in [0.1, 0.15) is 6.92 Å². The summed E-state index contributed by atoms with van der Waals surface area (Å²) in [7, 11) is 1.66. The lowest BCUT2D eigenvalue weighted by atomic mass is 10.8. The van der Waals surface area contributed by atoms with Crippen LogP contribution in [0.5, 0.6) is 0 Å². The molecule has 0 amide bonds. The van der Waals surface area contributed by atoms with Gasteiger partial charge < -0.3 is 0 Å². The number of azo groups is 1. The molecule has 0 aromatic rings. The van der Waals surface area contributed by atoms with Crippen LogP contribution in [0.3, 0.4) is 0 Å². The highest BCUT2D eigenvalue weighted by atomic mass is 15.1. The van der Waals surface area contributed by atoms with E-state index >= 15 is 0 Å². The monoisotopic (exact) mass is 99.1 g/mol. The van der Waals surface area contributed by atoms with Crippen molar-refractivity contribution in [1.82, 2.24) is 0 Å². The van der Waals surface area contributed by atoms with Crippen molar-refractivity contribution in [2.45, 2.75) is 6.92 Å². The third-order valence-corrected chi connectivity index (χ3v) is 0.390. The second-order valence-electron chi connectivity index (χ2n) is 0.947. The highest BCUT2D eigenvalue weighted by molar-refractivity contribution is 5.53. The van der Waals surface area contributed by atoms with Crippen LogP contribution in [0.2, 0.25) is 0 Å². The summed E-state index contributed by atoms with van der Waals surface area (Å²) >= 11 is 0. The largest absolute Gasteiger partial charge is 0.275 e. The molecule has 0 bridgehead atoms. The molecule has 0 fully saturated rings. The summed E-state index contributed by atoms with van der Waals surface area (Å²) in [4.78, 5) is 3.59. The lowest BCUT2D eigenvalue weighted by molar-refractivity contribution is 1.03. The Bertz CT molecular complexity index is 75.0. The van der Waals surface area contributed by atoms with Gasteiger partial charge in [-0.3, -0.25) is 4.99 Å². The fourth-order valence-electron chi connectivity index (χ4n) is 0.170. The molecule has 0 atom stereocenters. The third-order valence-electron chi connectivity index (χ3n) is 0.390. The van der Waals surface area contributed by atoms with Gasteiger partial charge in [-0.25, -0.2) is 0 Å².